The van der Waals surface area contributed by atoms with Crippen molar-refractivity contribution in [3.8, 4) is 28.3 Å². The van der Waals surface area contributed by atoms with Crippen molar-refractivity contribution in [2.45, 2.75) is 19.3 Å². The van der Waals surface area contributed by atoms with Gasteiger partial charge in [0.2, 0.25) is 5.95 Å². The number of anilines is 3. The summed E-state index contributed by atoms with van der Waals surface area (Å²) in [6.45, 7) is 4.69. The number of hydrogen-bond donors (Lipinski definition) is 0. The third kappa shape index (κ3) is 5.03. The Labute approximate surface area is 342 Å². The Morgan fingerprint density at radius 3 is 1.88 bits per heavy atom. The second-order valence-corrected chi connectivity index (χ2v) is 16.2. The minimum absolute atomic E-state index is 0.179. The van der Waals surface area contributed by atoms with Crippen LogP contribution in [0, 0.1) is 0 Å². The second-order valence-electron chi connectivity index (χ2n) is 16.2. The van der Waals surface area contributed by atoms with Crippen LogP contribution in [0.2, 0.25) is 0 Å². The lowest BCUT2D eigenvalue weighted by atomic mass is 9.73. The molecule has 59 heavy (non-hydrogen) atoms. The van der Waals surface area contributed by atoms with Gasteiger partial charge in [-0.25, -0.2) is 9.97 Å². The highest BCUT2D eigenvalue weighted by Crippen LogP contribution is 2.53. The maximum absolute atomic E-state index is 5.50. The normalized spacial score (nSPS) is 13.4. The Bertz CT molecular complexity index is 3470. The van der Waals surface area contributed by atoms with Crippen LogP contribution in [0.15, 0.2) is 194 Å². The van der Waals surface area contributed by atoms with E-state index in [9.17, 15) is 0 Å². The van der Waals surface area contributed by atoms with Crippen LogP contribution in [0.25, 0.3) is 82.6 Å². The van der Waals surface area contributed by atoms with Crippen LogP contribution in [0.1, 0.15) is 25.0 Å². The van der Waals surface area contributed by atoms with Crippen molar-refractivity contribution in [2.24, 2.45) is 0 Å². The minimum Gasteiger partial charge on any atom is -0.310 e. The molecular formula is C55H38N4. The summed E-state index contributed by atoms with van der Waals surface area (Å²) < 4.78 is 2.29. The summed E-state index contributed by atoms with van der Waals surface area (Å²) in [5, 5.41) is 8.09. The van der Waals surface area contributed by atoms with Crippen molar-refractivity contribution < 1.29 is 0 Å². The molecule has 0 saturated heterocycles. The van der Waals surface area contributed by atoms with Crippen LogP contribution in [0.3, 0.4) is 0 Å². The molecule has 1 aliphatic heterocycles. The third-order valence-corrected chi connectivity index (χ3v) is 12.6. The molecule has 1 aliphatic rings. The molecule has 278 valence electrons. The predicted octanol–water partition coefficient (Wildman–Crippen LogP) is 14.5. The second kappa shape index (κ2) is 12.7. The van der Waals surface area contributed by atoms with Crippen LogP contribution in [-0.2, 0) is 5.41 Å². The van der Waals surface area contributed by atoms with E-state index in [4.69, 9.17) is 9.97 Å². The van der Waals surface area contributed by atoms with Gasteiger partial charge in [-0.15, -0.1) is 0 Å². The Morgan fingerprint density at radius 2 is 1.05 bits per heavy atom. The number of para-hydroxylation sites is 2. The zero-order chi connectivity index (χ0) is 39.2. The largest absolute Gasteiger partial charge is 0.310 e. The molecule has 0 N–H and O–H groups in total. The summed E-state index contributed by atoms with van der Waals surface area (Å²) in [6.07, 6.45) is 0. The van der Waals surface area contributed by atoms with E-state index in [2.05, 4.69) is 217 Å². The first kappa shape index (κ1) is 33.6. The molecule has 0 unspecified atom stereocenters. The van der Waals surface area contributed by atoms with Gasteiger partial charge >= 0.3 is 0 Å². The van der Waals surface area contributed by atoms with E-state index in [1.165, 1.54) is 44.0 Å². The fraction of sp³-hybridized carbons (Fsp3) is 0.0545. The molecule has 0 aliphatic carbocycles. The summed E-state index contributed by atoms with van der Waals surface area (Å²) in [4.78, 5) is 13.4. The first-order valence-electron chi connectivity index (χ1n) is 20.3. The predicted molar refractivity (Wildman–Crippen MR) is 247 cm³/mol. The third-order valence-electron chi connectivity index (χ3n) is 12.6. The van der Waals surface area contributed by atoms with Gasteiger partial charge in [-0.1, -0.05) is 166 Å². The van der Waals surface area contributed by atoms with Crippen LogP contribution in [0.5, 0.6) is 0 Å². The quantitative estimate of drug-likeness (QED) is 0.168. The van der Waals surface area contributed by atoms with Crippen molar-refractivity contribution in [2.75, 3.05) is 4.90 Å². The average molecular weight is 755 g/mol. The van der Waals surface area contributed by atoms with E-state index in [0.29, 0.717) is 5.95 Å². The fourth-order valence-corrected chi connectivity index (χ4v) is 9.70. The Morgan fingerprint density at radius 1 is 0.424 bits per heavy atom. The van der Waals surface area contributed by atoms with Crippen molar-refractivity contribution in [3.05, 3.63) is 205 Å². The maximum atomic E-state index is 5.50. The van der Waals surface area contributed by atoms with Crippen LogP contribution >= 0.6 is 0 Å². The molecule has 4 nitrogen and oxygen atoms in total. The van der Waals surface area contributed by atoms with Gasteiger partial charge < -0.3 is 4.90 Å². The van der Waals surface area contributed by atoms with Gasteiger partial charge in [0.15, 0.2) is 0 Å². The molecule has 0 bridgehead atoms. The zero-order valence-corrected chi connectivity index (χ0v) is 32.8. The van der Waals surface area contributed by atoms with Crippen LogP contribution in [-0.4, -0.2) is 14.5 Å². The molecule has 0 fully saturated rings. The van der Waals surface area contributed by atoms with E-state index in [-0.39, 0.29) is 5.41 Å². The van der Waals surface area contributed by atoms with Crippen molar-refractivity contribution in [3.63, 3.8) is 0 Å². The van der Waals surface area contributed by atoms with Gasteiger partial charge in [0.25, 0.3) is 0 Å². The lowest BCUT2D eigenvalue weighted by molar-refractivity contribution is 0.632. The number of rotatable bonds is 4. The van der Waals surface area contributed by atoms with E-state index in [1.54, 1.807) is 0 Å². The molecule has 0 amide bonds. The van der Waals surface area contributed by atoms with Gasteiger partial charge in [-0.3, -0.25) is 4.57 Å². The molecule has 0 spiro atoms. The van der Waals surface area contributed by atoms with E-state index in [0.717, 1.165) is 60.8 Å². The molecule has 11 aromatic rings. The fourth-order valence-electron chi connectivity index (χ4n) is 9.70. The summed E-state index contributed by atoms with van der Waals surface area (Å²) in [6, 6.07) is 70.1. The molecule has 0 saturated carbocycles. The van der Waals surface area contributed by atoms with Gasteiger partial charge in [0.1, 0.15) is 0 Å². The van der Waals surface area contributed by atoms with Gasteiger partial charge in [-0.05, 0) is 80.9 Å². The van der Waals surface area contributed by atoms with Crippen molar-refractivity contribution >= 4 is 71.3 Å². The Kier molecular flexibility index (Phi) is 7.24. The highest BCUT2D eigenvalue weighted by atomic mass is 15.2. The van der Waals surface area contributed by atoms with E-state index < -0.39 is 0 Å². The monoisotopic (exact) mass is 754 g/mol. The molecular weight excluding hydrogens is 717 g/mol. The lowest BCUT2D eigenvalue weighted by Gasteiger charge is -2.42. The molecule has 9 aromatic carbocycles. The van der Waals surface area contributed by atoms with Gasteiger partial charge in [0.05, 0.1) is 33.6 Å². The molecule has 4 heteroatoms. The summed E-state index contributed by atoms with van der Waals surface area (Å²) in [5.74, 6) is 0.652. The van der Waals surface area contributed by atoms with Crippen LogP contribution in [0.4, 0.5) is 17.1 Å². The molecule has 12 rings (SSSR count). The smallest absolute Gasteiger partial charge is 0.235 e. The number of nitrogens with zero attached hydrogens (tertiary/aromatic N) is 4. The summed E-state index contributed by atoms with van der Waals surface area (Å²) in [5.41, 5.74) is 13.3. The van der Waals surface area contributed by atoms with Crippen molar-refractivity contribution in [1.29, 1.82) is 0 Å². The summed E-state index contributed by atoms with van der Waals surface area (Å²) >= 11 is 0. The number of fused-ring (bicyclic) bond motifs is 10. The van der Waals surface area contributed by atoms with Gasteiger partial charge in [0, 0.05) is 38.2 Å². The topological polar surface area (TPSA) is 34.0 Å². The average Bonchev–Trinajstić information content (AvgIpc) is 3.63. The molecule has 0 atom stereocenters. The minimum atomic E-state index is -0.179. The zero-order valence-electron chi connectivity index (χ0n) is 32.8. The highest BCUT2D eigenvalue weighted by Gasteiger charge is 2.37. The first-order valence-corrected chi connectivity index (χ1v) is 20.3. The number of aromatic nitrogens is 3. The number of benzene rings is 9. The highest BCUT2D eigenvalue weighted by molar-refractivity contribution is 6.22. The SMILES string of the molecule is CC1(C)c2ccccc2N(c2ccccc2)c2cc(-c3ccc4c5c6ccccc6ccc5n(-c5nc(-c6ccccc6)c6ccc7ccccc7c6n5)c4c3)ccc21. The maximum Gasteiger partial charge on any atom is 0.235 e. The standard InChI is InChI=1S/C55H38N4/c1-55(2)45-23-13-14-24-47(45)58(40-19-7-4-8-20-40)50-34-39(27-31-46(50)55)38-26-29-43-49(33-38)59(48-32-28-35-15-9-11-21-41(35)51(43)48)54-56-52(37-17-5-3-6-18-37)44-30-25-36-16-10-12-22-42(36)53(44)57-54/h3-34H,1-2H3. The Balaban J connectivity index is 1.14. The van der Waals surface area contributed by atoms with Gasteiger partial charge in [-0.2, -0.15) is 0 Å². The Hall–Kier alpha value is -7.56. The molecule has 2 aromatic heterocycles. The lowest BCUT2D eigenvalue weighted by Crippen LogP contribution is -2.30. The van der Waals surface area contributed by atoms with E-state index >= 15 is 0 Å². The summed E-state index contributed by atoms with van der Waals surface area (Å²) in [7, 11) is 0. The van der Waals surface area contributed by atoms with Crippen molar-refractivity contribution in [1.82, 2.24) is 14.5 Å². The van der Waals surface area contributed by atoms with Crippen LogP contribution < -0.4 is 4.90 Å². The molecule has 3 heterocycles. The molecule has 0 radical (unpaired) electrons. The van der Waals surface area contributed by atoms with E-state index in [1.807, 2.05) is 0 Å². The number of hydrogen-bond acceptors (Lipinski definition) is 3. The first-order chi connectivity index (χ1) is 29.0.